The fourth-order valence-corrected chi connectivity index (χ4v) is 2.06. The Morgan fingerprint density at radius 1 is 1.05 bits per heavy atom. The van der Waals surface area contributed by atoms with Gasteiger partial charge in [-0.1, -0.05) is 12.1 Å². The number of nitrogens with one attached hydrogen (secondary N) is 1. The predicted molar refractivity (Wildman–Crippen MR) is 80.2 cm³/mol. The van der Waals surface area contributed by atoms with Crippen LogP contribution in [0.2, 0.25) is 0 Å². The summed E-state index contributed by atoms with van der Waals surface area (Å²) in [7, 11) is 3.15. The van der Waals surface area contributed by atoms with Crippen molar-refractivity contribution in [2.45, 2.75) is 20.4 Å². The molecule has 0 aliphatic heterocycles. The van der Waals surface area contributed by atoms with Crippen molar-refractivity contribution in [1.82, 2.24) is 9.13 Å². The summed E-state index contributed by atoms with van der Waals surface area (Å²) in [6.07, 6.45) is 0. The lowest BCUT2D eigenvalue weighted by atomic mass is 10.1. The number of hydrogen-bond donors (Lipinski definition) is 1. The summed E-state index contributed by atoms with van der Waals surface area (Å²) >= 11 is 0. The molecule has 0 aliphatic carbocycles. The first kappa shape index (κ1) is 14.1. The van der Waals surface area contributed by atoms with Gasteiger partial charge in [-0.25, -0.2) is 4.79 Å². The van der Waals surface area contributed by atoms with E-state index in [2.05, 4.69) is 17.4 Å². The lowest BCUT2D eigenvalue weighted by Crippen LogP contribution is -2.38. The number of nitrogens with zero attached hydrogens (tertiary/aromatic N) is 2. The maximum absolute atomic E-state index is 11.8. The van der Waals surface area contributed by atoms with Gasteiger partial charge in [0.25, 0.3) is 5.56 Å². The van der Waals surface area contributed by atoms with Crippen molar-refractivity contribution in [2.75, 3.05) is 5.32 Å². The first-order valence-electron chi connectivity index (χ1n) is 6.47. The third-order valence-electron chi connectivity index (χ3n) is 3.48. The van der Waals surface area contributed by atoms with Crippen molar-refractivity contribution in [2.24, 2.45) is 14.1 Å². The number of aryl methyl sites for hydroxylation is 2. The van der Waals surface area contributed by atoms with Gasteiger partial charge in [0.2, 0.25) is 0 Å². The summed E-state index contributed by atoms with van der Waals surface area (Å²) in [4.78, 5) is 23.5. The van der Waals surface area contributed by atoms with Gasteiger partial charge >= 0.3 is 5.69 Å². The van der Waals surface area contributed by atoms with Crippen molar-refractivity contribution in [3.05, 3.63) is 61.9 Å². The second-order valence-electron chi connectivity index (χ2n) is 5.05. The SMILES string of the molecule is Cc1ccc(C)c(NCc2cc(=O)n(C)c(=O)n2C)c1. The molecule has 106 valence electrons. The number of aromatic nitrogens is 2. The van der Waals surface area contributed by atoms with Crippen LogP contribution in [0.3, 0.4) is 0 Å². The van der Waals surface area contributed by atoms with Crippen LogP contribution in [-0.4, -0.2) is 9.13 Å². The highest BCUT2D eigenvalue weighted by Crippen LogP contribution is 2.16. The molecule has 5 heteroatoms. The average Bonchev–Trinajstić information content (AvgIpc) is 2.42. The molecule has 0 saturated carbocycles. The van der Waals surface area contributed by atoms with Crippen LogP contribution in [0.4, 0.5) is 5.69 Å². The van der Waals surface area contributed by atoms with Crippen molar-refractivity contribution < 1.29 is 0 Å². The molecule has 0 aliphatic rings. The molecule has 2 rings (SSSR count). The Labute approximate surface area is 117 Å². The molecule has 5 nitrogen and oxygen atoms in total. The molecule has 0 atom stereocenters. The largest absolute Gasteiger partial charge is 0.379 e. The summed E-state index contributed by atoms with van der Waals surface area (Å²) in [5.41, 5.74) is 3.37. The van der Waals surface area contributed by atoms with E-state index in [4.69, 9.17) is 0 Å². The first-order chi connectivity index (χ1) is 9.40. The molecule has 0 bridgehead atoms. The minimum atomic E-state index is -0.310. The smallest absolute Gasteiger partial charge is 0.330 e. The molecule has 0 fully saturated rings. The normalized spacial score (nSPS) is 10.6. The lowest BCUT2D eigenvalue weighted by molar-refractivity contribution is 0.655. The van der Waals surface area contributed by atoms with E-state index in [-0.39, 0.29) is 11.2 Å². The van der Waals surface area contributed by atoms with E-state index in [1.54, 1.807) is 7.05 Å². The van der Waals surface area contributed by atoms with Gasteiger partial charge in [-0.05, 0) is 31.0 Å². The topological polar surface area (TPSA) is 56.0 Å². The van der Waals surface area contributed by atoms with Gasteiger partial charge in [-0.3, -0.25) is 13.9 Å². The van der Waals surface area contributed by atoms with Crippen molar-refractivity contribution in [3.63, 3.8) is 0 Å². The highest BCUT2D eigenvalue weighted by Gasteiger charge is 2.06. The molecular weight excluding hydrogens is 254 g/mol. The highest BCUT2D eigenvalue weighted by molar-refractivity contribution is 5.52. The average molecular weight is 273 g/mol. The molecule has 0 radical (unpaired) electrons. The zero-order valence-electron chi connectivity index (χ0n) is 12.2. The second kappa shape index (κ2) is 5.36. The van der Waals surface area contributed by atoms with E-state index in [0.29, 0.717) is 12.2 Å². The van der Waals surface area contributed by atoms with Crippen LogP contribution in [0.15, 0.2) is 33.9 Å². The van der Waals surface area contributed by atoms with Crippen LogP contribution in [-0.2, 0) is 20.6 Å². The monoisotopic (exact) mass is 273 g/mol. The second-order valence-corrected chi connectivity index (χ2v) is 5.05. The first-order valence-corrected chi connectivity index (χ1v) is 6.47. The zero-order chi connectivity index (χ0) is 14.9. The molecule has 1 heterocycles. The number of hydrogen-bond acceptors (Lipinski definition) is 3. The van der Waals surface area contributed by atoms with Crippen LogP contribution in [0.25, 0.3) is 0 Å². The van der Waals surface area contributed by atoms with E-state index >= 15 is 0 Å². The standard InChI is InChI=1S/C15H19N3O2/c1-10-5-6-11(2)13(7-10)16-9-12-8-14(19)18(4)15(20)17(12)3/h5-8,16H,9H2,1-4H3. The summed E-state index contributed by atoms with van der Waals surface area (Å²) in [5, 5.41) is 3.28. The molecule has 0 amide bonds. The quantitative estimate of drug-likeness (QED) is 0.917. The van der Waals surface area contributed by atoms with E-state index in [1.807, 2.05) is 19.9 Å². The van der Waals surface area contributed by atoms with Crippen LogP contribution >= 0.6 is 0 Å². The third-order valence-corrected chi connectivity index (χ3v) is 3.48. The van der Waals surface area contributed by atoms with Crippen LogP contribution in [0.5, 0.6) is 0 Å². The molecular formula is C15H19N3O2. The number of benzene rings is 1. The fourth-order valence-electron chi connectivity index (χ4n) is 2.06. The van der Waals surface area contributed by atoms with E-state index in [0.717, 1.165) is 21.4 Å². The van der Waals surface area contributed by atoms with Gasteiger partial charge in [0.15, 0.2) is 0 Å². The number of rotatable bonds is 3. The van der Waals surface area contributed by atoms with Gasteiger partial charge < -0.3 is 5.32 Å². The van der Waals surface area contributed by atoms with Gasteiger partial charge in [-0.15, -0.1) is 0 Å². The summed E-state index contributed by atoms with van der Waals surface area (Å²) in [6.45, 7) is 4.48. The van der Waals surface area contributed by atoms with Gasteiger partial charge in [-0.2, -0.15) is 0 Å². The van der Waals surface area contributed by atoms with Crippen LogP contribution < -0.4 is 16.6 Å². The Kier molecular flexibility index (Phi) is 3.79. The van der Waals surface area contributed by atoms with Crippen molar-refractivity contribution in [1.29, 1.82) is 0 Å². The minimum absolute atomic E-state index is 0.286. The van der Waals surface area contributed by atoms with Gasteiger partial charge in [0.1, 0.15) is 0 Å². The summed E-state index contributed by atoms with van der Waals surface area (Å²) in [5.74, 6) is 0. The Hall–Kier alpha value is -2.30. The van der Waals surface area contributed by atoms with Gasteiger partial charge in [0, 0.05) is 31.5 Å². The summed E-state index contributed by atoms with van der Waals surface area (Å²) in [6, 6.07) is 7.63. The Morgan fingerprint density at radius 3 is 2.45 bits per heavy atom. The van der Waals surface area contributed by atoms with Gasteiger partial charge in [0.05, 0.1) is 6.54 Å². The van der Waals surface area contributed by atoms with Crippen molar-refractivity contribution >= 4 is 5.69 Å². The molecule has 0 unspecified atom stereocenters. The van der Waals surface area contributed by atoms with Crippen molar-refractivity contribution in [3.8, 4) is 0 Å². The van der Waals surface area contributed by atoms with Crippen LogP contribution in [0.1, 0.15) is 16.8 Å². The maximum atomic E-state index is 11.8. The molecule has 2 aromatic rings. The molecule has 1 aromatic heterocycles. The fraction of sp³-hybridized carbons (Fsp3) is 0.333. The Bertz CT molecular complexity index is 757. The van der Waals surface area contributed by atoms with Crippen LogP contribution in [0, 0.1) is 13.8 Å². The predicted octanol–water partition coefficient (Wildman–Crippen LogP) is 1.31. The third kappa shape index (κ3) is 2.66. The molecule has 0 spiro atoms. The molecule has 1 N–H and O–H groups in total. The maximum Gasteiger partial charge on any atom is 0.330 e. The molecule has 1 aromatic carbocycles. The molecule has 0 saturated heterocycles. The Balaban J connectivity index is 2.30. The van der Waals surface area contributed by atoms with E-state index < -0.39 is 0 Å². The zero-order valence-corrected chi connectivity index (χ0v) is 12.2. The minimum Gasteiger partial charge on any atom is -0.379 e. The number of anilines is 1. The van der Waals surface area contributed by atoms with E-state index in [9.17, 15) is 9.59 Å². The van der Waals surface area contributed by atoms with E-state index in [1.165, 1.54) is 17.7 Å². The Morgan fingerprint density at radius 2 is 1.75 bits per heavy atom. The summed E-state index contributed by atoms with van der Waals surface area (Å²) < 4.78 is 2.58. The lowest BCUT2D eigenvalue weighted by Gasteiger charge is -2.13. The molecule has 20 heavy (non-hydrogen) atoms. The highest BCUT2D eigenvalue weighted by atomic mass is 16.2.